The summed E-state index contributed by atoms with van der Waals surface area (Å²) >= 11 is 0. The highest BCUT2D eigenvalue weighted by atomic mass is 16.7. The fourth-order valence-electron chi connectivity index (χ4n) is 1.25. The van der Waals surface area contributed by atoms with Gasteiger partial charge in [0, 0.05) is 6.61 Å². The molecular weight excluding hydrogens is 204 g/mol. The van der Waals surface area contributed by atoms with Crippen LogP contribution >= 0.6 is 0 Å². The van der Waals surface area contributed by atoms with Crippen LogP contribution in [0.3, 0.4) is 0 Å². The number of unbranched alkanes of at least 4 members (excludes halogenated alkanes) is 1. The van der Waals surface area contributed by atoms with Gasteiger partial charge in [-0.3, -0.25) is 0 Å². The fraction of sp³-hybridized carbons (Fsp3) is 0.923. The van der Waals surface area contributed by atoms with Gasteiger partial charge in [0.15, 0.2) is 6.29 Å². The first-order valence-corrected chi connectivity index (χ1v) is 6.37. The van der Waals surface area contributed by atoms with Gasteiger partial charge in [0.2, 0.25) is 0 Å². The normalized spacial score (nSPS) is 15.0. The van der Waals surface area contributed by atoms with E-state index in [1.165, 1.54) is 6.42 Å². The van der Waals surface area contributed by atoms with E-state index in [0.717, 1.165) is 19.4 Å². The fourth-order valence-corrected chi connectivity index (χ4v) is 1.25. The third-order valence-electron chi connectivity index (χ3n) is 2.16. The Labute approximate surface area is 100 Å². The van der Waals surface area contributed by atoms with Crippen LogP contribution < -0.4 is 0 Å². The summed E-state index contributed by atoms with van der Waals surface area (Å²) in [5, 5.41) is 0. The Morgan fingerprint density at radius 2 is 2.00 bits per heavy atom. The molecule has 97 valence electrons. The van der Waals surface area contributed by atoms with Gasteiger partial charge >= 0.3 is 0 Å². The Morgan fingerprint density at radius 1 is 1.25 bits per heavy atom. The summed E-state index contributed by atoms with van der Waals surface area (Å²) in [5.41, 5.74) is 0. The number of rotatable bonds is 11. The first-order valence-electron chi connectivity index (χ1n) is 6.37. The molecule has 0 aromatic rings. The molecule has 0 fully saturated rings. The van der Waals surface area contributed by atoms with Crippen LogP contribution in [0.25, 0.3) is 0 Å². The van der Waals surface area contributed by atoms with E-state index in [0.29, 0.717) is 13.2 Å². The summed E-state index contributed by atoms with van der Waals surface area (Å²) in [6, 6.07) is 0. The molecule has 0 aliphatic rings. The van der Waals surface area contributed by atoms with Crippen molar-refractivity contribution in [2.24, 2.45) is 0 Å². The zero-order valence-corrected chi connectivity index (χ0v) is 11.2. The van der Waals surface area contributed by atoms with Crippen molar-refractivity contribution in [1.29, 1.82) is 0 Å². The van der Waals surface area contributed by atoms with E-state index < -0.39 is 0 Å². The zero-order chi connectivity index (χ0) is 12.2. The van der Waals surface area contributed by atoms with Crippen LogP contribution in [0.15, 0.2) is 0 Å². The summed E-state index contributed by atoms with van der Waals surface area (Å²) in [6.45, 7) is 10.3. The molecule has 3 heteroatoms. The maximum Gasteiger partial charge on any atom is 0.157 e. The van der Waals surface area contributed by atoms with Crippen LogP contribution in [0.1, 0.15) is 47.0 Å². The maximum atomic E-state index is 5.71. The predicted molar refractivity (Wildman–Crippen MR) is 66.3 cm³/mol. The molecule has 0 heterocycles. The molecule has 0 aliphatic carbocycles. The summed E-state index contributed by atoms with van der Waals surface area (Å²) in [5.74, 6) is 0. The Morgan fingerprint density at radius 3 is 2.56 bits per heavy atom. The average Bonchev–Trinajstić information content (AvgIpc) is 2.30. The van der Waals surface area contributed by atoms with Crippen molar-refractivity contribution < 1.29 is 14.2 Å². The Hall–Kier alpha value is -0.120. The lowest BCUT2D eigenvalue weighted by atomic mass is 10.3. The standard InChI is InChI=1S/C13H27O3/c1-5-8-10-14-11-12(4)16-13(7-3)15-9-6-2/h6,12-13H,5,7-11H2,1-4H3. The molecule has 0 saturated heterocycles. The lowest BCUT2D eigenvalue weighted by Gasteiger charge is -2.21. The van der Waals surface area contributed by atoms with Crippen molar-refractivity contribution in [2.45, 2.75) is 59.4 Å². The SMILES string of the molecule is C[CH]COC(CC)OC(C)COCCCC. The van der Waals surface area contributed by atoms with Gasteiger partial charge in [-0.15, -0.1) is 0 Å². The van der Waals surface area contributed by atoms with Gasteiger partial charge in [0.05, 0.1) is 19.3 Å². The average molecular weight is 231 g/mol. The Balaban J connectivity index is 3.53. The van der Waals surface area contributed by atoms with Crippen LogP contribution in [-0.2, 0) is 14.2 Å². The molecule has 0 rings (SSSR count). The van der Waals surface area contributed by atoms with Crippen molar-refractivity contribution in [2.75, 3.05) is 19.8 Å². The first kappa shape index (κ1) is 15.9. The predicted octanol–water partition coefficient (Wildman–Crippen LogP) is 3.19. The van der Waals surface area contributed by atoms with Gasteiger partial charge in [-0.25, -0.2) is 0 Å². The van der Waals surface area contributed by atoms with Crippen LogP contribution in [0.4, 0.5) is 0 Å². The largest absolute Gasteiger partial charge is 0.379 e. The lowest BCUT2D eigenvalue weighted by molar-refractivity contribution is -0.174. The molecule has 2 atom stereocenters. The number of ether oxygens (including phenoxy) is 3. The van der Waals surface area contributed by atoms with E-state index in [1.807, 2.05) is 20.3 Å². The molecule has 0 N–H and O–H groups in total. The number of hydrogen-bond donors (Lipinski definition) is 0. The van der Waals surface area contributed by atoms with Gasteiger partial charge in [-0.1, -0.05) is 27.2 Å². The van der Waals surface area contributed by atoms with Crippen LogP contribution in [0.2, 0.25) is 0 Å². The van der Waals surface area contributed by atoms with Crippen molar-refractivity contribution in [1.82, 2.24) is 0 Å². The first-order chi connectivity index (χ1) is 7.74. The molecule has 0 aliphatic heterocycles. The number of hydrogen-bond acceptors (Lipinski definition) is 3. The minimum atomic E-state index is -0.110. The molecule has 16 heavy (non-hydrogen) atoms. The van der Waals surface area contributed by atoms with Gasteiger partial charge in [-0.2, -0.15) is 0 Å². The third-order valence-corrected chi connectivity index (χ3v) is 2.16. The third kappa shape index (κ3) is 9.13. The van der Waals surface area contributed by atoms with Gasteiger partial charge in [0.25, 0.3) is 0 Å². The molecule has 0 saturated carbocycles. The lowest BCUT2D eigenvalue weighted by Crippen LogP contribution is -2.26. The van der Waals surface area contributed by atoms with Crippen LogP contribution in [0, 0.1) is 6.42 Å². The van der Waals surface area contributed by atoms with E-state index in [4.69, 9.17) is 14.2 Å². The van der Waals surface area contributed by atoms with Crippen LogP contribution in [0.5, 0.6) is 0 Å². The van der Waals surface area contributed by atoms with E-state index in [2.05, 4.69) is 13.8 Å². The summed E-state index contributed by atoms with van der Waals surface area (Å²) in [7, 11) is 0. The van der Waals surface area contributed by atoms with Crippen LogP contribution in [-0.4, -0.2) is 32.2 Å². The zero-order valence-electron chi connectivity index (χ0n) is 11.2. The molecule has 3 nitrogen and oxygen atoms in total. The topological polar surface area (TPSA) is 27.7 Å². The molecule has 0 aromatic carbocycles. The minimum absolute atomic E-state index is 0.0960. The highest BCUT2D eigenvalue weighted by Crippen LogP contribution is 2.06. The van der Waals surface area contributed by atoms with Gasteiger partial charge in [-0.05, 0) is 26.2 Å². The summed E-state index contributed by atoms with van der Waals surface area (Å²) < 4.78 is 16.7. The Bertz CT molecular complexity index is 139. The van der Waals surface area contributed by atoms with E-state index in [1.54, 1.807) is 0 Å². The smallest absolute Gasteiger partial charge is 0.157 e. The maximum absolute atomic E-state index is 5.71. The molecule has 1 radical (unpaired) electrons. The summed E-state index contributed by atoms with van der Waals surface area (Å²) in [6.07, 6.45) is 5.12. The summed E-state index contributed by atoms with van der Waals surface area (Å²) in [4.78, 5) is 0. The molecule has 0 aromatic heterocycles. The van der Waals surface area contributed by atoms with Crippen molar-refractivity contribution in [3.8, 4) is 0 Å². The second-order valence-electron chi connectivity index (χ2n) is 3.95. The van der Waals surface area contributed by atoms with E-state index in [-0.39, 0.29) is 12.4 Å². The van der Waals surface area contributed by atoms with Gasteiger partial charge < -0.3 is 14.2 Å². The second kappa shape index (κ2) is 11.4. The van der Waals surface area contributed by atoms with Gasteiger partial charge in [0.1, 0.15) is 0 Å². The molecule has 0 amide bonds. The molecular formula is C13H27O3. The van der Waals surface area contributed by atoms with Crippen molar-refractivity contribution in [3.63, 3.8) is 0 Å². The second-order valence-corrected chi connectivity index (χ2v) is 3.95. The minimum Gasteiger partial charge on any atom is -0.379 e. The molecule has 2 unspecified atom stereocenters. The Kier molecular flexibility index (Phi) is 11.3. The highest BCUT2D eigenvalue weighted by molar-refractivity contribution is 4.55. The molecule has 0 spiro atoms. The highest BCUT2D eigenvalue weighted by Gasteiger charge is 2.11. The monoisotopic (exact) mass is 231 g/mol. The quantitative estimate of drug-likeness (QED) is 0.404. The van der Waals surface area contributed by atoms with Crippen molar-refractivity contribution in [3.05, 3.63) is 6.42 Å². The molecule has 0 bridgehead atoms. The van der Waals surface area contributed by atoms with E-state index in [9.17, 15) is 0 Å². The van der Waals surface area contributed by atoms with E-state index >= 15 is 0 Å². The van der Waals surface area contributed by atoms with Crippen molar-refractivity contribution >= 4 is 0 Å².